The van der Waals surface area contributed by atoms with Crippen molar-refractivity contribution in [3.8, 4) is 0 Å². The lowest BCUT2D eigenvalue weighted by atomic mass is 10.0. The van der Waals surface area contributed by atoms with E-state index in [1.165, 1.54) is 23.9 Å². The van der Waals surface area contributed by atoms with E-state index in [2.05, 4.69) is 26.2 Å². The number of nitrogens with one attached hydrogen (secondary N) is 1. The Balaban J connectivity index is 1.65. The average molecular weight is 446 g/mol. The zero-order valence-electron chi connectivity index (χ0n) is 14.8. The third kappa shape index (κ3) is 3.71. The van der Waals surface area contributed by atoms with Gasteiger partial charge in [0.05, 0.1) is 0 Å². The van der Waals surface area contributed by atoms with Crippen molar-refractivity contribution in [3.63, 3.8) is 0 Å². The van der Waals surface area contributed by atoms with Gasteiger partial charge in [0.25, 0.3) is 11.5 Å². The van der Waals surface area contributed by atoms with E-state index < -0.39 is 0 Å². The molecule has 1 aromatic carbocycles. The highest BCUT2D eigenvalue weighted by atomic mass is 79.9. The fourth-order valence-electron chi connectivity index (χ4n) is 3.49. The number of fused-ring (bicyclic) bond motifs is 3. The van der Waals surface area contributed by atoms with Crippen molar-refractivity contribution < 1.29 is 4.79 Å². The number of carbonyl (C=O) groups is 1. The Kier molecular flexibility index (Phi) is 5.41. The predicted molar refractivity (Wildman–Crippen MR) is 111 cm³/mol. The maximum absolute atomic E-state index is 13.0. The molecule has 1 amide bonds. The molecule has 0 atom stereocenters. The standard InChI is InChI=1S/C20H20BrN3O2S/c21-15-8-6-5-7-13(15)11-22-18(25)14-12-23-20-24(19(14)26)16-9-3-1-2-4-10-17(16)27-20/h5-8,12H,1-4,9-11H2,(H,22,25). The van der Waals surface area contributed by atoms with E-state index in [1.54, 1.807) is 15.7 Å². The Bertz CT molecular complexity index is 1060. The summed E-state index contributed by atoms with van der Waals surface area (Å²) >= 11 is 5.05. The summed E-state index contributed by atoms with van der Waals surface area (Å²) in [5.74, 6) is -0.386. The summed E-state index contributed by atoms with van der Waals surface area (Å²) in [6.07, 6.45) is 7.92. The van der Waals surface area contributed by atoms with Crippen LogP contribution in [-0.2, 0) is 19.4 Å². The third-order valence-corrected chi connectivity index (χ3v) is 6.87. The molecule has 1 N–H and O–H groups in total. The summed E-state index contributed by atoms with van der Waals surface area (Å²) in [5, 5.41) is 2.84. The highest BCUT2D eigenvalue weighted by Gasteiger charge is 2.20. The van der Waals surface area contributed by atoms with Gasteiger partial charge < -0.3 is 5.32 Å². The van der Waals surface area contributed by atoms with E-state index in [9.17, 15) is 9.59 Å². The second kappa shape index (κ2) is 7.94. The molecule has 0 aliphatic heterocycles. The summed E-state index contributed by atoms with van der Waals surface area (Å²) in [7, 11) is 0. The summed E-state index contributed by atoms with van der Waals surface area (Å²) in [4.78, 5) is 32.0. The lowest BCUT2D eigenvalue weighted by molar-refractivity contribution is 0.0949. The number of nitrogens with zero attached hydrogens (tertiary/aromatic N) is 2. The Morgan fingerprint density at radius 3 is 2.78 bits per heavy atom. The lowest BCUT2D eigenvalue weighted by Crippen LogP contribution is -2.31. The van der Waals surface area contributed by atoms with Crippen LogP contribution in [0.1, 0.15) is 52.2 Å². The first-order valence-electron chi connectivity index (χ1n) is 9.19. The smallest absolute Gasteiger partial charge is 0.271 e. The van der Waals surface area contributed by atoms with Crippen molar-refractivity contribution >= 4 is 38.1 Å². The molecule has 140 valence electrons. The zero-order chi connectivity index (χ0) is 18.8. The van der Waals surface area contributed by atoms with Gasteiger partial charge >= 0.3 is 0 Å². The zero-order valence-corrected chi connectivity index (χ0v) is 17.2. The van der Waals surface area contributed by atoms with Gasteiger partial charge in [-0.25, -0.2) is 4.98 Å². The molecule has 0 radical (unpaired) electrons. The number of hydrogen-bond acceptors (Lipinski definition) is 4. The van der Waals surface area contributed by atoms with Crippen LogP contribution in [0.2, 0.25) is 0 Å². The van der Waals surface area contributed by atoms with E-state index in [1.807, 2.05) is 24.3 Å². The van der Waals surface area contributed by atoms with Gasteiger partial charge in [0.1, 0.15) is 5.56 Å². The molecule has 1 aliphatic rings. The second-order valence-electron chi connectivity index (χ2n) is 6.76. The van der Waals surface area contributed by atoms with Gasteiger partial charge in [0, 0.05) is 27.8 Å². The number of thiazole rings is 1. The Hall–Kier alpha value is -1.99. The van der Waals surface area contributed by atoms with Crippen LogP contribution in [-0.4, -0.2) is 15.3 Å². The van der Waals surface area contributed by atoms with Gasteiger partial charge in [0.15, 0.2) is 4.96 Å². The molecular formula is C20H20BrN3O2S. The number of rotatable bonds is 3. The van der Waals surface area contributed by atoms with Gasteiger partial charge in [-0.1, -0.05) is 47.0 Å². The van der Waals surface area contributed by atoms with Crippen molar-refractivity contribution in [1.82, 2.24) is 14.7 Å². The molecular weight excluding hydrogens is 426 g/mol. The van der Waals surface area contributed by atoms with Crippen LogP contribution in [0.3, 0.4) is 0 Å². The molecule has 0 saturated carbocycles. The first-order valence-corrected chi connectivity index (χ1v) is 10.8. The van der Waals surface area contributed by atoms with Crippen LogP contribution in [0.25, 0.3) is 4.96 Å². The molecule has 5 nitrogen and oxygen atoms in total. The summed E-state index contributed by atoms with van der Waals surface area (Å²) in [6.45, 7) is 0.351. The van der Waals surface area contributed by atoms with Gasteiger partial charge in [0.2, 0.25) is 0 Å². The van der Waals surface area contributed by atoms with Crippen LogP contribution < -0.4 is 10.9 Å². The highest BCUT2D eigenvalue weighted by molar-refractivity contribution is 9.10. The monoisotopic (exact) mass is 445 g/mol. The first-order chi connectivity index (χ1) is 13.1. The predicted octanol–water partition coefficient (Wildman–Crippen LogP) is 4.11. The van der Waals surface area contributed by atoms with Crippen molar-refractivity contribution in [1.29, 1.82) is 0 Å². The van der Waals surface area contributed by atoms with Crippen molar-refractivity contribution in [2.75, 3.05) is 0 Å². The maximum atomic E-state index is 13.0. The van der Waals surface area contributed by atoms with Crippen LogP contribution >= 0.6 is 27.3 Å². The number of aromatic nitrogens is 2. The maximum Gasteiger partial charge on any atom is 0.271 e. The van der Waals surface area contributed by atoms with Crippen LogP contribution in [0.4, 0.5) is 0 Å². The molecule has 27 heavy (non-hydrogen) atoms. The molecule has 0 spiro atoms. The quantitative estimate of drug-likeness (QED) is 0.659. The van der Waals surface area contributed by atoms with Crippen molar-refractivity contribution in [2.24, 2.45) is 0 Å². The summed E-state index contributed by atoms with van der Waals surface area (Å²) in [5.41, 5.74) is 1.85. The van der Waals surface area contributed by atoms with Gasteiger partial charge in [-0.3, -0.25) is 14.0 Å². The Labute approximate surface area is 169 Å². The van der Waals surface area contributed by atoms with Gasteiger partial charge in [-0.05, 0) is 37.3 Å². The first kappa shape index (κ1) is 18.4. The lowest BCUT2D eigenvalue weighted by Gasteiger charge is -2.10. The van der Waals surface area contributed by atoms with E-state index in [-0.39, 0.29) is 17.0 Å². The van der Waals surface area contributed by atoms with E-state index in [4.69, 9.17) is 0 Å². The van der Waals surface area contributed by atoms with Crippen LogP contribution in [0.15, 0.2) is 39.7 Å². The highest BCUT2D eigenvalue weighted by Crippen LogP contribution is 2.27. The molecule has 0 bridgehead atoms. The molecule has 2 heterocycles. The van der Waals surface area contributed by atoms with E-state index in [0.29, 0.717) is 11.5 Å². The second-order valence-corrected chi connectivity index (χ2v) is 8.67. The average Bonchev–Trinajstić information content (AvgIpc) is 2.98. The Morgan fingerprint density at radius 1 is 1.19 bits per heavy atom. The van der Waals surface area contributed by atoms with Crippen molar-refractivity contribution in [3.05, 3.63) is 67.0 Å². The molecule has 3 aromatic rings. The molecule has 0 unspecified atom stereocenters. The Morgan fingerprint density at radius 2 is 1.96 bits per heavy atom. The van der Waals surface area contributed by atoms with Gasteiger partial charge in [-0.2, -0.15) is 0 Å². The minimum atomic E-state index is -0.386. The number of aryl methyl sites for hydroxylation is 2. The van der Waals surface area contributed by atoms with Crippen LogP contribution in [0.5, 0.6) is 0 Å². The topological polar surface area (TPSA) is 63.5 Å². The summed E-state index contributed by atoms with van der Waals surface area (Å²) < 4.78 is 2.59. The minimum absolute atomic E-state index is 0.0993. The molecule has 0 saturated heterocycles. The number of benzene rings is 1. The normalized spacial score (nSPS) is 14.4. The minimum Gasteiger partial charge on any atom is -0.348 e. The number of halogens is 1. The molecule has 2 aromatic heterocycles. The molecule has 4 rings (SSSR count). The summed E-state index contributed by atoms with van der Waals surface area (Å²) in [6, 6.07) is 7.69. The molecule has 0 fully saturated rings. The number of hydrogen-bond donors (Lipinski definition) is 1. The molecule has 1 aliphatic carbocycles. The van der Waals surface area contributed by atoms with Crippen molar-refractivity contribution in [2.45, 2.75) is 45.1 Å². The largest absolute Gasteiger partial charge is 0.348 e. The number of carbonyl (C=O) groups excluding carboxylic acids is 1. The molecule has 7 heteroatoms. The van der Waals surface area contributed by atoms with Gasteiger partial charge in [-0.15, -0.1) is 11.3 Å². The van der Waals surface area contributed by atoms with E-state index in [0.717, 1.165) is 41.4 Å². The van der Waals surface area contributed by atoms with Crippen LogP contribution in [0, 0.1) is 0 Å². The third-order valence-electron chi connectivity index (χ3n) is 4.94. The SMILES string of the molecule is O=C(NCc1ccccc1Br)c1cnc2sc3c(n2c1=O)CCCCCC3. The van der Waals surface area contributed by atoms with E-state index >= 15 is 0 Å². The fourth-order valence-corrected chi connectivity index (χ4v) is 5.08. The number of amides is 1. The fraction of sp³-hybridized carbons (Fsp3) is 0.350.